The molecule has 0 saturated heterocycles. The largest absolute Gasteiger partial charge is 0.372 e. The van der Waals surface area contributed by atoms with Crippen LogP contribution < -0.4 is 0 Å². The Kier molecular flexibility index (Phi) is 5.16. The van der Waals surface area contributed by atoms with Crippen molar-refractivity contribution < 1.29 is 4.21 Å². The summed E-state index contributed by atoms with van der Waals surface area (Å²) in [6.07, 6.45) is 0. The van der Waals surface area contributed by atoms with Crippen LogP contribution in [0.25, 0.3) is 0 Å². The maximum atomic E-state index is 12.2. The minimum atomic E-state index is -1.22. The molecule has 1 atom stereocenters. The van der Waals surface area contributed by atoms with Crippen molar-refractivity contribution in [3.63, 3.8) is 0 Å². The lowest BCUT2D eigenvalue weighted by molar-refractivity contribution is 0.394. The van der Waals surface area contributed by atoms with Gasteiger partial charge in [-0.2, -0.15) is 0 Å². The normalized spacial score (nSPS) is 11.9. The zero-order chi connectivity index (χ0) is 12.8. The van der Waals surface area contributed by atoms with Gasteiger partial charge < -0.3 is 4.90 Å². The number of hydrogen-bond donors (Lipinski definition) is 0. The molecule has 92 valence electrons. The minimum absolute atomic E-state index is 0.583. The van der Waals surface area contributed by atoms with Crippen LogP contribution in [-0.4, -0.2) is 22.2 Å². The van der Waals surface area contributed by atoms with Crippen LogP contribution >= 0.6 is 0 Å². The Morgan fingerprint density at radius 2 is 1.71 bits per heavy atom. The second-order valence-electron chi connectivity index (χ2n) is 3.62. The molecule has 0 heterocycles. The first-order valence-electron chi connectivity index (χ1n) is 5.71. The van der Waals surface area contributed by atoms with Crippen LogP contribution in [0, 0.1) is 0 Å². The molecule has 0 radical (unpaired) electrons. The van der Waals surface area contributed by atoms with Crippen molar-refractivity contribution in [2.75, 3.05) is 13.1 Å². The molecule has 0 N–H and O–H groups in total. The third kappa shape index (κ3) is 3.30. The average molecular weight is 249 g/mol. The van der Waals surface area contributed by atoms with Crippen LogP contribution in [0.1, 0.15) is 13.8 Å². The Bertz CT molecular complexity index is 421. The SMILES string of the molecule is C=C(C(=C)S(=O)c1ccccc1)N(CC)CC. The van der Waals surface area contributed by atoms with Gasteiger partial charge >= 0.3 is 0 Å². The van der Waals surface area contributed by atoms with E-state index in [1.807, 2.05) is 44.2 Å². The Morgan fingerprint density at radius 1 is 1.18 bits per heavy atom. The quantitative estimate of drug-likeness (QED) is 0.722. The number of nitrogens with zero attached hydrogens (tertiary/aromatic N) is 1. The van der Waals surface area contributed by atoms with E-state index in [0.717, 1.165) is 23.7 Å². The van der Waals surface area contributed by atoms with Gasteiger partial charge in [-0.15, -0.1) is 0 Å². The summed E-state index contributed by atoms with van der Waals surface area (Å²) in [5, 5.41) is 0. The van der Waals surface area contributed by atoms with Crippen LogP contribution in [0.4, 0.5) is 0 Å². The molecule has 17 heavy (non-hydrogen) atoms. The molecule has 0 saturated carbocycles. The van der Waals surface area contributed by atoms with Gasteiger partial charge in [0.25, 0.3) is 0 Å². The van der Waals surface area contributed by atoms with Gasteiger partial charge in [0.1, 0.15) is 0 Å². The molecule has 0 fully saturated rings. The molecule has 0 aliphatic heterocycles. The summed E-state index contributed by atoms with van der Waals surface area (Å²) in [6, 6.07) is 9.34. The van der Waals surface area contributed by atoms with Gasteiger partial charge in [-0.05, 0) is 26.0 Å². The maximum Gasteiger partial charge on any atom is 0.0864 e. The van der Waals surface area contributed by atoms with Gasteiger partial charge in [-0.25, -0.2) is 4.21 Å². The summed E-state index contributed by atoms with van der Waals surface area (Å²) in [5.74, 6) is 0. The fourth-order valence-corrected chi connectivity index (χ4v) is 2.61. The predicted molar refractivity (Wildman–Crippen MR) is 74.1 cm³/mol. The molecular formula is C14H19NOS. The van der Waals surface area contributed by atoms with Crippen molar-refractivity contribution in [2.45, 2.75) is 18.7 Å². The van der Waals surface area contributed by atoms with Crippen LogP contribution in [0.3, 0.4) is 0 Å². The standard InChI is InChI=1S/C14H19NOS/c1-5-15(6-2)12(3)13(4)17(16)14-10-8-7-9-11-14/h7-11H,3-6H2,1-2H3. The molecule has 0 amide bonds. The summed E-state index contributed by atoms with van der Waals surface area (Å²) in [4.78, 5) is 3.41. The van der Waals surface area contributed by atoms with Gasteiger partial charge in [0.05, 0.1) is 15.7 Å². The fraction of sp³-hybridized carbons (Fsp3) is 0.286. The second kappa shape index (κ2) is 6.40. The molecule has 0 bridgehead atoms. The van der Waals surface area contributed by atoms with E-state index in [0.29, 0.717) is 4.91 Å². The van der Waals surface area contributed by atoms with Crippen LogP contribution in [0.15, 0.2) is 59.0 Å². The van der Waals surface area contributed by atoms with E-state index in [9.17, 15) is 4.21 Å². The molecule has 1 aromatic rings. The summed E-state index contributed by atoms with van der Waals surface area (Å²) >= 11 is 0. The summed E-state index contributed by atoms with van der Waals surface area (Å²) < 4.78 is 12.2. The molecule has 0 spiro atoms. The molecule has 3 heteroatoms. The van der Waals surface area contributed by atoms with Crippen LogP contribution in [0.5, 0.6) is 0 Å². The van der Waals surface area contributed by atoms with Crippen molar-refractivity contribution in [2.24, 2.45) is 0 Å². The maximum absolute atomic E-state index is 12.2. The van der Waals surface area contributed by atoms with Gasteiger partial charge in [0.15, 0.2) is 0 Å². The highest BCUT2D eigenvalue weighted by Gasteiger charge is 2.14. The van der Waals surface area contributed by atoms with Gasteiger partial charge in [0.2, 0.25) is 0 Å². The average Bonchev–Trinajstić information content (AvgIpc) is 2.39. The van der Waals surface area contributed by atoms with Crippen molar-refractivity contribution in [3.8, 4) is 0 Å². The third-order valence-corrected chi connectivity index (χ3v) is 4.03. The Balaban J connectivity index is 2.84. The smallest absolute Gasteiger partial charge is 0.0864 e. The number of benzene rings is 1. The molecular weight excluding hydrogens is 230 g/mol. The van der Waals surface area contributed by atoms with Gasteiger partial charge in [0, 0.05) is 23.7 Å². The number of hydrogen-bond acceptors (Lipinski definition) is 2. The molecule has 1 aromatic carbocycles. The number of likely N-dealkylation sites (N-methyl/N-ethyl adjacent to an activating group) is 1. The number of rotatable bonds is 6. The first kappa shape index (κ1) is 13.7. The lowest BCUT2D eigenvalue weighted by Crippen LogP contribution is -2.23. The lowest BCUT2D eigenvalue weighted by Gasteiger charge is -2.24. The highest BCUT2D eigenvalue weighted by Crippen LogP contribution is 2.20. The lowest BCUT2D eigenvalue weighted by atomic mass is 10.4. The van der Waals surface area contributed by atoms with E-state index in [2.05, 4.69) is 18.1 Å². The van der Waals surface area contributed by atoms with E-state index in [4.69, 9.17) is 0 Å². The van der Waals surface area contributed by atoms with Crippen LogP contribution in [-0.2, 0) is 10.8 Å². The highest BCUT2D eigenvalue weighted by molar-refractivity contribution is 7.89. The Morgan fingerprint density at radius 3 is 2.18 bits per heavy atom. The monoisotopic (exact) mass is 249 g/mol. The fourth-order valence-electron chi connectivity index (χ4n) is 1.58. The predicted octanol–water partition coefficient (Wildman–Crippen LogP) is 3.16. The van der Waals surface area contributed by atoms with Crippen molar-refractivity contribution in [3.05, 3.63) is 54.1 Å². The summed E-state index contributed by atoms with van der Waals surface area (Å²) in [5.41, 5.74) is 0.761. The van der Waals surface area contributed by atoms with Gasteiger partial charge in [-0.3, -0.25) is 0 Å². The molecule has 0 aliphatic rings. The zero-order valence-electron chi connectivity index (χ0n) is 10.5. The van der Waals surface area contributed by atoms with Gasteiger partial charge in [-0.1, -0.05) is 31.4 Å². The topological polar surface area (TPSA) is 20.3 Å². The molecule has 1 unspecified atom stereocenters. The first-order chi connectivity index (χ1) is 8.11. The van der Waals surface area contributed by atoms with Crippen LogP contribution in [0.2, 0.25) is 0 Å². The Hall–Kier alpha value is -1.35. The summed E-state index contributed by atoms with van der Waals surface area (Å²) in [6.45, 7) is 13.7. The molecule has 2 nitrogen and oxygen atoms in total. The van der Waals surface area contributed by atoms with E-state index in [1.165, 1.54) is 0 Å². The minimum Gasteiger partial charge on any atom is -0.372 e. The molecule has 0 aromatic heterocycles. The van der Waals surface area contributed by atoms with E-state index >= 15 is 0 Å². The second-order valence-corrected chi connectivity index (χ2v) is 5.13. The van der Waals surface area contributed by atoms with Crippen molar-refractivity contribution in [1.29, 1.82) is 0 Å². The molecule has 0 aliphatic carbocycles. The van der Waals surface area contributed by atoms with E-state index < -0.39 is 10.8 Å². The molecule has 1 rings (SSSR count). The van der Waals surface area contributed by atoms with Crippen molar-refractivity contribution in [1.82, 2.24) is 4.90 Å². The summed E-state index contributed by atoms with van der Waals surface area (Å²) in [7, 11) is -1.22. The third-order valence-electron chi connectivity index (χ3n) is 2.65. The van der Waals surface area contributed by atoms with Crippen molar-refractivity contribution >= 4 is 10.8 Å². The Labute approximate surface area is 106 Å². The first-order valence-corrected chi connectivity index (χ1v) is 6.86. The zero-order valence-corrected chi connectivity index (χ0v) is 11.3. The van der Waals surface area contributed by atoms with E-state index in [1.54, 1.807) is 0 Å². The highest BCUT2D eigenvalue weighted by atomic mass is 32.2. The van der Waals surface area contributed by atoms with E-state index in [-0.39, 0.29) is 0 Å².